The normalized spacial score (nSPS) is 10.7. The number of esters is 1. The third-order valence-corrected chi connectivity index (χ3v) is 6.53. The first-order chi connectivity index (χ1) is 19.4. The first kappa shape index (κ1) is 28.7. The lowest BCUT2D eigenvalue weighted by molar-refractivity contribution is -0.142. The van der Waals surface area contributed by atoms with Crippen molar-refractivity contribution >= 4 is 35.0 Å². The van der Waals surface area contributed by atoms with Crippen molar-refractivity contribution in [2.45, 2.75) is 33.6 Å². The molecule has 0 radical (unpaired) electrons. The van der Waals surface area contributed by atoms with E-state index in [1.807, 2.05) is 42.5 Å². The van der Waals surface area contributed by atoms with Gasteiger partial charge in [0.2, 0.25) is 0 Å². The number of carbonyl (C=O) groups excluding carboxylic acids is 2. The van der Waals surface area contributed by atoms with Gasteiger partial charge in [0.15, 0.2) is 5.76 Å². The molecule has 8 nitrogen and oxygen atoms in total. The Morgan fingerprint density at radius 1 is 0.950 bits per heavy atom. The van der Waals surface area contributed by atoms with Crippen molar-refractivity contribution < 1.29 is 28.3 Å². The fourth-order valence-electron chi connectivity index (χ4n) is 4.40. The zero-order valence-corrected chi connectivity index (χ0v) is 23.7. The van der Waals surface area contributed by atoms with Gasteiger partial charge in [0, 0.05) is 12.0 Å². The van der Waals surface area contributed by atoms with Crippen molar-refractivity contribution in [2.75, 3.05) is 25.2 Å². The quantitative estimate of drug-likeness (QED) is 0.187. The third-order valence-electron chi connectivity index (χ3n) is 6.21. The van der Waals surface area contributed by atoms with Crippen LogP contribution in [0.3, 0.4) is 0 Å². The number of ether oxygens (including phenoxy) is 3. The lowest BCUT2D eigenvalue weighted by Gasteiger charge is -2.23. The molecule has 0 atom stereocenters. The number of methoxy groups -OCH3 is 1. The average molecular weight is 563 g/mol. The molecule has 9 heteroatoms. The number of aromatic nitrogens is 1. The average Bonchev–Trinajstić information content (AvgIpc) is 3.31. The molecule has 0 saturated heterocycles. The topological polar surface area (TPSA) is 91.1 Å². The zero-order chi connectivity index (χ0) is 28.6. The molecule has 0 fully saturated rings. The van der Waals surface area contributed by atoms with Gasteiger partial charge in [-0.2, -0.15) is 0 Å². The monoisotopic (exact) mass is 562 g/mol. The van der Waals surface area contributed by atoms with Crippen LogP contribution in [0.5, 0.6) is 5.75 Å². The highest BCUT2D eigenvalue weighted by atomic mass is 35.5. The van der Waals surface area contributed by atoms with Gasteiger partial charge in [0.25, 0.3) is 0 Å². The molecule has 1 heterocycles. The number of benzene rings is 3. The highest BCUT2D eigenvalue weighted by molar-refractivity contribution is 6.34. The molecule has 0 N–H and O–H groups in total. The smallest absolute Gasteiger partial charge is 0.419 e. The number of anilines is 2. The number of hydrogen-bond donors (Lipinski definition) is 0. The van der Waals surface area contributed by atoms with Gasteiger partial charge in [0.1, 0.15) is 17.1 Å². The molecule has 0 saturated carbocycles. The van der Waals surface area contributed by atoms with Gasteiger partial charge in [-0.1, -0.05) is 65.3 Å². The van der Waals surface area contributed by atoms with E-state index in [9.17, 15) is 9.59 Å². The summed E-state index contributed by atoms with van der Waals surface area (Å²) in [5.74, 6) is 0.871. The number of nitrogens with zero attached hydrogens (tertiary/aromatic N) is 2. The molecule has 0 unspecified atom stereocenters. The first-order valence-corrected chi connectivity index (χ1v) is 13.3. The van der Waals surface area contributed by atoms with Crippen LogP contribution in [-0.2, 0) is 27.1 Å². The summed E-state index contributed by atoms with van der Waals surface area (Å²) in [7, 11) is 1.62. The van der Waals surface area contributed by atoms with Crippen LogP contribution in [0.25, 0.3) is 11.3 Å². The molecular weight excluding hydrogens is 532 g/mol. The Kier molecular flexibility index (Phi) is 9.45. The molecule has 0 spiro atoms. The molecule has 0 aliphatic heterocycles. The fourth-order valence-corrected chi connectivity index (χ4v) is 4.62. The fraction of sp³-hybridized carbons (Fsp3) is 0.258. The summed E-state index contributed by atoms with van der Waals surface area (Å²) < 4.78 is 21.7. The highest BCUT2D eigenvalue weighted by Gasteiger charge is 2.30. The van der Waals surface area contributed by atoms with Crippen molar-refractivity contribution in [3.05, 3.63) is 94.1 Å². The number of carbonyl (C=O) groups is 2. The Bertz CT molecular complexity index is 1480. The standard InChI is InChI=1S/C31H31ClN2O6/c1-5-38-28(35)19-22-13-16-27(37-4)24(18-22)17-21-11-14-23(15-12-21)30-29(20(3)33-40-30)34(31(36)39-6-2)26-10-8-7-9-25(26)32/h7-16,18H,5-6,17,19H2,1-4H3. The summed E-state index contributed by atoms with van der Waals surface area (Å²) in [5, 5.41) is 4.53. The predicted octanol–water partition coefficient (Wildman–Crippen LogP) is 7.30. The Hall–Kier alpha value is -4.30. The van der Waals surface area contributed by atoms with Crippen LogP contribution in [0, 0.1) is 6.92 Å². The molecule has 0 bridgehead atoms. The maximum atomic E-state index is 13.1. The molecule has 0 aliphatic rings. The minimum absolute atomic E-state index is 0.193. The van der Waals surface area contributed by atoms with E-state index in [4.69, 9.17) is 30.3 Å². The van der Waals surface area contributed by atoms with Crippen LogP contribution >= 0.6 is 11.6 Å². The number of para-hydroxylation sites is 1. The maximum absolute atomic E-state index is 13.1. The number of hydrogen-bond acceptors (Lipinski definition) is 7. The lowest BCUT2D eigenvalue weighted by Crippen LogP contribution is -2.27. The van der Waals surface area contributed by atoms with Gasteiger partial charge in [-0.15, -0.1) is 0 Å². The van der Waals surface area contributed by atoms with Crippen LogP contribution in [0.4, 0.5) is 16.2 Å². The summed E-state index contributed by atoms with van der Waals surface area (Å²) in [6.07, 6.45) is 0.186. The second-order valence-corrected chi connectivity index (χ2v) is 9.34. The Morgan fingerprint density at radius 3 is 2.33 bits per heavy atom. The second kappa shape index (κ2) is 13.2. The minimum atomic E-state index is -0.588. The third kappa shape index (κ3) is 6.46. The van der Waals surface area contributed by atoms with Crippen LogP contribution in [0.1, 0.15) is 36.2 Å². The van der Waals surface area contributed by atoms with E-state index in [1.54, 1.807) is 52.1 Å². The molecule has 0 aliphatic carbocycles. The van der Waals surface area contributed by atoms with E-state index in [1.165, 1.54) is 4.90 Å². The summed E-state index contributed by atoms with van der Waals surface area (Å²) in [6, 6.07) is 20.5. The van der Waals surface area contributed by atoms with Gasteiger partial charge in [-0.25, -0.2) is 9.69 Å². The van der Waals surface area contributed by atoms with Crippen molar-refractivity contribution in [1.82, 2.24) is 5.16 Å². The van der Waals surface area contributed by atoms with Crippen molar-refractivity contribution in [3.63, 3.8) is 0 Å². The molecule has 4 rings (SSSR count). The van der Waals surface area contributed by atoms with E-state index in [0.29, 0.717) is 40.9 Å². The van der Waals surface area contributed by atoms with Gasteiger partial charge >= 0.3 is 12.1 Å². The van der Waals surface area contributed by atoms with Crippen LogP contribution < -0.4 is 9.64 Å². The van der Waals surface area contributed by atoms with Gasteiger partial charge in [-0.05, 0) is 55.7 Å². The molecule has 1 aromatic heterocycles. The molecule has 40 heavy (non-hydrogen) atoms. The largest absolute Gasteiger partial charge is 0.496 e. The van der Waals surface area contributed by atoms with E-state index in [-0.39, 0.29) is 19.0 Å². The minimum Gasteiger partial charge on any atom is -0.496 e. The van der Waals surface area contributed by atoms with Crippen LogP contribution in [0.2, 0.25) is 5.02 Å². The maximum Gasteiger partial charge on any atom is 0.419 e. The van der Waals surface area contributed by atoms with E-state index >= 15 is 0 Å². The first-order valence-electron chi connectivity index (χ1n) is 12.9. The highest BCUT2D eigenvalue weighted by Crippen LogP contribution is 2.41. The Morgan fingerprint density at radius 2 is 1.65 bits per heavy atom. The summed E-state index contributed by atoms with van der Waals surface area (Å²) in [6.45, 7) is 5.82. The SMILES string of the molecule is CCOC(=O)Cc1ccc(OC)c(Cc2ccc(-c3onc(C)c3N(C(=O)OCC)c3ccccc3Cl)cc2)c1. The molecular formula is C31H31ClN2O6. The Labute approximate surface area is 238 Å². The van der Waals surface area contributed by atoms with Crippen molar-refractivity contribution in [2.24, 2.45) is 0 Å². The number of amides is 1. The summed E-state index contributed by atoms with van der Waals surface area (Å²) in [5.41, 5.74) is 4.96. The second-order valence-electron chi connectivity index (χ2n) is 8.93. The van der Waals surface area contributed by atoms with Crippen molar-refractivity contribution in [3.8, 4) is 17.1 Å². The van der Waals surface area contributed by atoms with E-state index in [2.05, 4.69) is 5.16 Å². The molecule has 208 valence electrons. The van der Waals surface area contributed by atoms with Crippen LogP contribution in [-0.4, -0.2) is 37.5 Å². The number of halogens is 1. The van der Waals surface area contributed by atoms with Crippen molar-refractivity contribution in [1.29, 1.82) is 0 Å². The number of rotatable bonds is 10. The van der Waals surface area contributed by atoms with E-state index in [0.717, 1.165) is 28.0 Å². The van der Waals surface area contributed by atoms with Crippen LogP contribution in [0.15, 0.2) is 71.3 Å². The Balaban J connectivity index is 1.65. The molecule has 1 amide bonds. The molecule has 3 aromatic carbocycles. The summed E-state index contributed by atoms with van der Waals surface area (Å²) in [4.78, 5) is 26.5. The zero-order valence-electron chi connectivity index (χ0n) is 22.9. The predicted molar refractivity (Wildman–Crippen MR) is 153 cm³/mol. The van der Waals surface area contributed by atoms with Gasteiger partial charge in [-0.3, -0.25) is 4.79 Å². The summed E-state index contributed by atoms with van der Waals surface area (Å²) >= 11 is 6.47. The lowest BCUT2D eigenvalue weighted by atomic mass is 9.99. The molecule has 4 aromatic rings. The van der Waals surface area contributed by atoms with Gasteiger partial charge in [0.05, 0.1) is 37.5 Å². The van der Waals surface area contributed by atoms with Gasteiger partial charge < -0.3 is 18.7 Å². The van der Waals surface area contributed by atoms with E-state index < -0.39 is 6.09 Å². The number of aryl methyl sites for hydroxylation is 1.